The molecule has 0 radical (unpaired) electrons. The van der Waals surface area contributed by atoms with Crippen molar-refractivity contribution in [3.05, 3.63) is 54.6 Å². The molecule has 5 nitrogen and oxygen atoms in total. The minimum Gasteiger partial charge on any atom is -0.341 e. The summed E-state index contributed by atoms with van der Waals surface area (Å²) in [4.78, 5) is 15.8. The molecular formula is C15H15N3O2. The second-order valence-electron chi connectivity index (χ2n) is 4.13. The molecule has 0 unspecified atom stereocenters. The van der Waals surface area contributed by atoms with Crippen molar-refractivity contribution in [3.8, 4) is 0 Å². The lowest BCUT2D eigenvalue weighted by molar-refractivity contribution is -0.141. The van der Waals surface area contributed by atoms with Crippen LogP contribution >= 0.6 is 0 Å². The fourth-order valence-corrected chi connectivity index (χ4v) is 1.58. The van der Waals surface area contributed by atoms with Crippen LogP contribution in [0.3, 0.4) is 0 Å². The predicted molar refractivity (Wildman–Crippen MR) is 77.2 cm³/mol. The third kappa shape index (κ3) is 3.91. The smallest absolute Gasteiger partial charge is 0.329 e. The molecule has 2 aromatic rings. The molecule has 0 spiro atoms. The van der Waals surface area contributed by atoms with Crippen molar-refractivity contribution < 1.29 is 9.63 Å². The Morgan fingerprint density at radius 2 is 1.50 bits per heavy atom. The Morgan fingerprint density at radius 1 is 0.950 bits per heavy atom. The second kappa shape index (κ2) is 6.47. The number of benzene rings is 2. The van der Waals surface area contributed by atoms with E-state index in [1.807, 2.05) is 54.6 Å². The zero-order valence-electron chi connectivity index (χ0n) is 11.4. The van der Waals surface area contributed by atoms with E-state index in [1.165, 1.54) is 12.0 Å². The van der Waals surface area contributed by atoms with Crippen LogP contribution in [0.25, 0.3) is 0 Å². The van der Waals surface area contributed by atoms with Gasteiger partial charge in [0.05, 0.1) is 17.1 Å². The van der Waals surface area contributed by atoms with Gasteiger partial charge in [-0.25, -0.2) is 5.06 Å². The molecule has 102 valence electrons. The summed E-state index contributed by atoms with van der Waals surface area (Å²) in [6.45, 7) is 1.36. The lowest BCUT2D eigenvalue weighted by Gasteiger charge is -2.16. The summed E-state index contributed by atoms with van der Waals surface area (Å²) in [5.41, 5.74) is 2.29. The van der Waals surface area contributed by atoms with Gasteiger partial charge >= 0.3 is 5.97 Å². The van der Waals surface area contributed by atoms with Crippen LogP contribution in [-0.4, -0.2) is 13.0 Å². The molecular weight excluding hydrogens is 254 g/mol. The maximum absolute atomic E-state index is 10.9. The normalized spacial score (nSPS) is 10.5. The van der Waals surface area contributed by atoms with Crippen LogP contribution in [0.5, 0.6) is 0 Å². The van der Waals surface area contributed by atoms with Crippen LogP contribution in [-0.2, 0) is 9.63 Å². The molecule has 0 saturated heterocycles. The van der Waals surface area contributed by atoms with Gasteiger partial charge in [-0.3, -0.25) is 4.79 Å². The molecule has 0 aromatic heterocycles. The van der Waals surface area contributed by atoms with E-state index in [2.05, 4.69) is 10.2 Å². The molecule has 0 heterocycles. The molecule has 5 heteroatoms. The molecule has 0 saturated carbocycles. The standard InChI is InChI=1S/C15H15N3O2/c1-12(19)20-18(2)15-10-8-14(9-11-15)17-16-13-6-4-3-5-7-13/h3-11H,1-2H3. The van der Waals surface area contributed by atoms with E-state index in [9.17, 15) is 4.79 Å². The van der Waals surface area contributed by atoms with Crippen LogP contribution in [0.4, 0.5) is 17.1 Å². The minimum atomic E-state index is -0.361. The predicted octanol–water partition coefficient (Wildman–Crippen LogP) is 4.02. The van der Waals surface area contributed by atoms with Crippen molar-refractivity contribution in [3.63, 3.8) is 0 Å². The van der Waals surface area contributed by atoms with Gasteiger partial charge in [-0.05, 0) is 36.4 Å². The van der Waals surface area contributed by atoms with Gasteiger partial charge in [-0.2, -0.15) is 10.2 Å². The first-order chi connectivity index (χ1) is 9.65. The van der Waals surface area contributed by atoms with Gasteiger partial charge in [0.1, 0.15) is 0 Å². The number of rotatable bonds is 4. The fraction of sp³-hybridized carbons (Fsp3) is 0.133. The van der Waals surface area contributed by atoms with Crippen molar-refractivity contribution in [2.45, 2.75) is 6.92 Å². The molecule has 2 rings (SSSR count). The minimum absolute atomic E-state index is 0.361. The lowest BCUT2D eigenvalue weighted by Crippen LogP contribution is -2.20. The average molecular weight is 269 g/mol. The van der Waals surface area contributed by atoms with Crippen LogP contribution in [0.15, 0.2) is 64.8 Å². The molecule has 0 aliphatic carbocycles. The van der Waals surface area contributed by atoms with Gasteiger partial charge in [0.25, 0.3) is 0 Å². The topological polar surface area (TPSA) is 54.3 Å². The van der Waals surface area contributed by atoms with E-state index >= 15 is 0 Å². The van der Waals surface area contributed by atoms with Crippen LogP contribution in [0.2, 0.25) is 0 Å². The number of carbonyl (C=O) groups excluding carboxylic acids is 1. The number of hydrogen-bond donors (Lipinski definition) is 0. The van der Waals surface area contributed by atoms with Crippen molar-refractivity contribution in [2.75, 3.05) is 12.1 Å². The largest absolute Gasteiger partial charge is 0.341 e. The number of hydrogen-bond acceptors (Lipinski definition) is 5. The summed E-state index contributed by atoms with van der Waals surface area (Å²) in [5.74, 6) is -0.361. The first-order valence-electron chi connectivity index (χ1n) is 6.14. The Morgan fingerprint density at radius 3 is 2.05 bits per heavy atom. The summed E-state index contributed by atoms with van der Waals surface area (Å²) < 4.78 is 0. The Labute approximate surface area is 117 Å². The highest BCUT2D eigenvalue weighted by atomic mass is 16.7. The Bertz CT molecular complexity index is 594. The maximum atomic E-state index is 10.9. The van der Waals surface area contributed by atoms with E-state index in [0.717, 1.165) is 17.1 Å². The molecule has 0 atom stereocenters. The van der Waals surface area contributed by atoms with Crippen LogP contribution < -0.4 is 5.06 Å². The quantitative estimate of drug-likeness (QED) is 0.622. The fourth-order valence-electron chi connectivity index (χ4n) is 1.58. The van der Waals surface area contributed by atoms with E-state index in [1.54, 1.807) is 7.05 Å². The summed E-state index contributed by atoms with van der Waals surface area (Å²) in [5, 5.41) is 9.67. The van der Waals surface area contributed by atoms with Gasteiger partial charge < -0.3 is 4.84 Å². The van der Waals surface area contributed by atoms with Gasteiger partial charge in [-0.15, -0.1) is 0 Å². The van der Waals surface area contributed by atoms with Crippen LogP contribution in [0.1, 0.15) is 6.92 Å². The molecule has 0 fully saturated rings. The van der Waals surface area contributed by atoms with E-state index in [4.69, 9.17) is 4.84 Å². The Kier molecular flexibility index (Phi) is 4.44. The molecule has 20 heavy (non-hydrogen) atoms. The highest BCUT2D eigenvalue weighted by molar-refractivity contribution is 5.67. The second-order valence-corrected chi connectivity index (χ2v) is 4.13. The van der Waals surface area contributed by atoms with Crippen molar-refractivity contribution in [2.24, 2.45) is 10.2 Å². The van der Waals surface area contributed by atoms with Gasteiger partial charge in [0.2, 0.25) is 0 Å². The van der Waals surface area contributed by atoms with Crippen molar-refractivity contribution >= 4 is 23.0 Å². The summed E-state index contributed by atoms with van der Waals surface area (Å²) in [7, 11) is 1.67. The molecule has 0 aliphatic rings. The average Bonchev–Trinajstić information content (AvgIpc) is 2.46. The van der Waals surface area contributed by atoms with E-state index in [0.29, 0.717) is 0 Å². The molecule has 0 amide bonds. The van der Waals surface area contributed by atoms with E-state index in [-0.39, 0.29) is 5.97 Å². The highest BCUT2D eigenvalue weighted by Gasteiger charge is 2.03. The van der Waals surface area contributed by atoms with Crippen LogP contribution in [0, 0.1) is 0 Å². The summed E-state index contributed by atoms with van der Waals surface area (Å²) in [6, 6.07) is 16.7. The monoisotopic (exact) mass is 269 g/mol. The number of anilines is 1. The number of azo groups is 1. The first-order valence-corrected chi connectivity index (χ1v) is 6.14. The maximum Gasteiger partial charge on any atom is 0.329 e. The SMILES string of the molecule is CC(=O)ON(C)c1ccc(N=Nc2ccccc2)cc1. The molecule has 0 bridgehead atoms. The number of hydroxylamine groups is 1. The molecule has 0 N–H and O–H groups in total. The summed E-state index contributed by atoms with van der Waals surface area (Å²) >= 11 is 0. The number of nitrogens with zero attached hydrogens (tertiary/aromatic N) is 3. The zero-order valence-corrected chi connectivity index (χ0v) is 11.4. The van der Waals surface area contributed by atoms with E-state index < -0.39 is 0 Å². The third-order valence-electron chi connectivity index (χ3n) is 2.52. The highest BCUT2D eigenvalue weighted by Crippen LogP contribution is 2.21. The molecule has 0 aliphatic heterocycles. The van der Waals surface area contributed by atoms with Gasteiger partial charge in [-0.1, -0.05) is 18.2 Å². The number of carbonyl (C=O) groups is 1. The van der Waals surface area contributed by atoms with Crippen molar-refractivity contribution in [1.82, 2.24) is 0 Å². The molecule has 2 aromatic carbocycles. The lowest BCUT2D eigenvalue weighted by atomic mass is 10.3. The zero-order chi connectivity index (χ0) is 14.4. The van der Waals surface area contributed by atoms with Gasteiger partial charge in [0, 0.05) is 14.0 Å². The van der Waals surface area contributed by atoms with Crippen molar-refractivity contribution in [1.29, 1.82) is 0 Å². The Hall–Kier alpha value is -2.69. The third-order valence-corrected chi connectivity index (χ3v) is 2.52. The first kappa shape index (κ1) is 13.7. The Balaban J connectivity index is 2.05. The summed E-state index contributed by atoms with van der Waals surface area (Å²) in [6.07, 6.45) is 0. The van der Waals surface area contributed by atoms with Gasteiger partial charge in [0.15, 0.2) is 0 Å².